The van der Waals surface area contributed by atoms with E-state index in [9.17, 15) is 18.0 Å². The van der Waals surface area contributed by atoms with Crippen molar-refractivity contribution in [1.29, 1.82) is 0 Å². The fourth-order valence-electron chi connectivity index (χ4n) is 2.98. The van der Waals surface area contributed by atoms with Crippen LogP contribution in [0.3, 0.4) is 0 Å². The number of carbonyl (C=O) groups is 2. The summed E-state index contributed by atoms with van der Waals surface area (Å²) in [4.78, 5) is 24.2. The molecule has 0 unspecified atom stereocenters. The van der Waals surface area contributed by atoms with Crippen molar-refractivity contribution in [3.63, 3.8) is 0 Å². The van der Waals surface area contributed by atoms with Crippen LogP contribution in [0.5, 0.6) is 0 Å². The lowest BCUT2D eigenvalue weighted by Gasteiger charge is -2.22. The lowest BCUT2D eigenvalue weighted by atomic mass is 9.89. The van der Waals surface area contributed by atoms with Gasteiger partial charge in [-0.1, -0.05) is 30.9 Å². The molecule has 0 radical (unpaired) electrons. The van der Waals surface area contributed by atoms with Gasteiger partial charge in [0.1, 0.15) is 0 Å². The Morgan fingerprint density at radius 1 is 1.27 bits per heavy atom. The Kier molecular flexibility index (Phi) is 7.06. The van der Waals surface area contributed by atoms with Crippen molar-refractivity contribution in [2.24, 2.45) is 5.92 Å². The molecule has 0 spiro atoms. The third-order valence-corrected chi connectivity index (χ3v) is 6.09. The maximum absolute atomic E-state index is 12.2. The van der Waals surface area contributed by atoms with Crippen molar-refractivity contribution in [3.05, 3.63) is 28.8 Å². The van der Waals surface area contributed by atoms with Crippen LogP contribution in [0.25, 0.3) is 0 Å². The van der Waals surface area contributed by atoms with Crippen LogP contribution in [-0.4, -0.2) is 39.2 Å². The molecule has 0 bridgehead atoms. The number of benzene rings is 1. The van der Waals surface area contributed by atoms with Gasteiger partial charge >= 0.3 is 5.97 Å². The van der Waals surface area contributed by atoms with Crippen LogP contribution < -0.4 is 5.32 Å². The summed E-state index contributed by atoms with van der Waals surface area (Å²) in [5.41, 5.74) is 0.0294. The molecule has 1 aromatic rings. The highest BCUT2D eigenvalue weighted by atomic mass is 35.5. The van der Waals surface area contributed by atoms with Gasteiger partial charge in [-0.2, -0.15) is 0 Å². The summed E-state index contributed by atoms with van der Waals surface area (Å²) in [6.07, 6.45) is 5.86. The van der Waals surface area contributed by atoms with E-state index in [-0.39, 0.29) is 21.4 Å². The molecule has 26 heavy (non-hydrogen) atoms. The smallest absolute Gasteiger partial charge is 0.338 e. The molecule has 0 aliphatic heterocycles. The first kappa shape index (κ1) is 20.7. The van der Waals surface area contributed by atoms with Gasteiger partial charge < -0.3 is 10.1 Å². The third kappa shape index (κ3) is 5.71. The van der Waals surface area contributed by atoms with Crippen LogP contribution in [-0.2, 0) is 19.4 Å². The van der Waals surface area contributed by atoms with Crippen molar-refractivity contribution in [2.45, 2.75) is 50.0 Å². The highest BCUT2D eigenvalue weighted by molar-refractivity contribution is 7.90. The summed E-state index contributed by atoms with van der Waals surface area (Å²) >= 11 is 5.86. The number of hydrogen-bond acceptors (Lipinski definition) is 5. The standard InChI is InChI=1S/C18H24ClNO5S/c1-12(17(21)20-11-13-6-4-3-5-7-13)25-18(22)14-8-9-15(19)16(10-14)26(2,23)24/h8-10,12-13H,3-7,11H2,1-2H3,(H,20,21)/t12-/m1/s1. The molecule has 6 nitrogen and oxygen atoms in total. The molecule has 0 aromatic heterocycles. The molecule has 1 saturated carbocycles. The van der Waals surface area contributed by atoms with Gasteiger partial charge in [-0.05, 0) is 43.9 Å². The van der Waals surface area contributed by atoms with Gasteiger partial charge in [-0.15, -0.1) is 0 Å². The summed E-state index contributed by atoms with van der Waals surface area (Å²) in [5, 5.41) is 2.85. The third-order valence-electron chi connectivity index (χ3n) is 4.51. The van der Waals surface area contributed by atoms with Crippen LogP contribution in [0.4, 0.5) is 0 Å². The molecule has 2 rings (SSSR count). The van der Waals surface area contributed by atoms with Crippen LogP contribution in [0.2, 0.25) is 5.02 Å². The monoisotopic (exact) mass is 401 g/mol. The SMILES string of the molecule is C[C@@H](OC(=O)c1ccc(Cl)c(S(C)(=O)=O)c1)C(=O)NCC1CCCCC1. The van der Waals surface area contributed by atoms with E-state index < -0.39 is 21.9 Å². The van der Waals surface area contributed by atoms with Crippen molar-refractivity contribution >= 4 is 33.3 Å². The number of nitrogens with one attached hydrogen (secondary N) is 1. The summed E-state index contributed by atoms with van der Waals surface area (Å²) < 4.78 is 28.5. The predicted octanol–water partition coefficient (Wildman–Crippen LogP) is 2.99. The number of sulfone groups is 1. The van der Waals surface area contributed by atoms with Gasteiger partial charge in [0, 0.05) is 12.8 Å². The normalized spacial score (nSPS) is 16.7. The van der Waals surface area contributed by atoms with Crippen LogP contribution in [0, 0.1) is 5.92 Å². The zero-order chi connectivity index (χ0) is 19.3. The molecule has 1 aromatic carbocycles. The molecule has 1 fully saturated rings. The Balaban J connectivity index is 1.94. The number of esters is 1. The lowest BCUT2D eigenvalue weighted by Crippen LogP contribution is -2.38. The van der Waals surface area contributed by atoms with Crippen molar-refractivity contribution in [2.75, 3.05) is 12.8 Å². The van der Waals surface area contributed by atoms with E-state index >= 15 is 0 Å². The maximum atomic E-state index is 12.2. The maximum Gasteiger partial charge on any atom is 0.338 e. The minimum atomic E-state index is -3.57. The molecule has 1 amide bonds. The Labute approximate surface area is 159 Å². The second-order valence-electron chi connectivity index (χ2n) is 6.71. The zero-order valence-corrected chi connectivity index (χ0v) is 16.5. The predicted molar refractivity (Wildman–Crippen MR) is 99.0 cm³/mol. The van der Waals surface area contributed by atoms with Gasteiger partial charge in [0.15, 0.2) is 15.9 Å². The minimum Gasteiger partial charge on any atom is -0.449 e. The highest BCUT2D eigenvalue weighted by Crippen LogP contribution is 2.24. The quantitative estimate of drug-likeness (QED) is 0.740. The van der Waals surface area contributed by atoms with Crippen LogP contribution in [0.1, 0.15) is 49.4 Å². The van der Waals surface area contributed by atoms with E-state index in [1.165, 1.54) is 38.3 Å². The van der Waals surface area contributed by atoms with Crippen LogP contribution in [0.15, 0.2) is 23.1 Å². The zero-order valence-electron chi connectivity index (χ0n) is 15.0. The van der Waals surface area contributed by atoms with E-state index in [1.807, 2.05) is 0 Å². The average molecular weight is 402 g/mol. The molecule has 8 heteroatoms. The summed E-state index contributed by atoms with van der Waals surface area (Å²) in [7, 11) is -3.57. The lowest BCUT2D eigenvalue weighted by molar-refractivity contribution is -0.129. The van der Waals surface area contributed by atoms with E-state index in [1.54, 1.807) is 0 Å². The Morgan fingerprint density at radius 3 is 2.54 bits per heavy atom. The van der Waals surface area contributed by atoms with E-state index in [0.29, 0.717) is 12.5 Å². The molecule has 144 valence electrons. The number of hydrogen-bond donors (Lipinski definition) is 1. The minimum absolute atomic E-state index is 0.0294. The molecule has 1 N–H and O–H groups in total. The summed E-state index contributed by atoms with van der Waals surface area (Å²) in [6, 6.07) is 3.85. The van der Waals surface area contributed by atoms with Gasteiger partial charge in [0.05, 0.1) is 15.5 Å². The fourth-order valence-corrected chi connectivity index (χ4v) is 4.28. The van der Waals surface area contributed by atoms with Gasteiger partial charge in [0.2, 0.25) is 0 Å². The highest BCUT2D eigenvalue weighted by Gasteiger charge is 2.22. The molecular formula is C18H24ClNO5S. The van der Waals surface area contributed by atoms with Gasteiger partial charge in [0.25, 0.3) is 5.91 Å². The largest absolute Gasteiger partial charge is 0.449 e. The van der Waals surface area contributed by atoms with E-state index in [0.717, 1.165) is 25.2 Å². The Morgan fingerprint density at radius 2 is 1.92 bits per heavy atom. The Bertz CT molecular complexity index is 772. The van der Waals surface area contributed by atoms with E-state index in [4.69, 9.17) is 16.3 Å². The number of ether oxygens (including phenoxy) is 1. The number of amides is 1. The Hall–Kier alpha value is -1.60. The molecule has 1 atom stereocenters. The molecule has 1 aliphatic rings. The van der Waals surface area contributed by atoms with Gasteiger partial charge in [-0.25, -0.2) is 13.2 Å². The summed E-state index contributed by atoms with van der Waals surface area (Å²) in [6.45, 7) is 2.07. The van der Waals surface area contributed by atoms with Crippen molar-refractivity contribution in [3.8, 4) is 0 Å². The fraction of sp³-hybridized carbons (Fsp3) is 0.556. The first-order valence-electron chi connectivity index (χ1n) is 8.67. The van der Waals surface area contributed by atoms with Gasteiger partial charge in [-0.3, -0.25) is 4.79 Å². The average Bonchev–Trinajstić information content (AvgIpc) is 2.59. The van der Waals surface area contributed by atoms with Crippen LogP contribution >= 0.6 is 11.6 Å². The topological polar surface area (TPSA) is 89.5 Å². The number of rotatable bonds is 6. The molecule has 0 saturated heterocycles. The molecule has 0 heterocycles. The second kappa shape index (κ2) is 8.86. The molecule has 1 aliphatic carbocycles. The first-order chi connectivity index (χ1) is 12.2. The molecular weight excluding hydrogens is 378 g/mol. The first-order valence-corrected chi connectivity index (χ1v) is 10.9. The number of carbonyl (C=O) groups excluding carboxylic acids is 2. The second-order valence-corrected chi connectivity index (χ2v) is 9.11. The van der Waals surface area contributed by atoms with Crippen molar-refractivity contribution < 1.29 is 22.7 Å². The number of halogens is 1. The van der Waals surface area contributed by atoms with E-state index in [2.05, 4.69) is 5.32 Å². The summed E-state index contributed by atoms with van der Waals surface area (Å²) in [5.74, 6) is -0.655. The van der Waals surface area contributed by atoms with Crippen molar-refractivity contribution in [1.82, 2.24) is 5.32 Å².